The van der Waals surface area contributed by atoms with Crippen molar-refractivity contribution in [3.05, 3.63) is 54.2 Å². The van der Waals surface area contributed by atoms with E-state index in [0.29, 0.717) is 36.0 Å². The molecule has 0 aliphatic carbocycles. The number of aromatic nitrogens is 1. The van der Waals surface area contributed by atoms with Crippen LogP contribution in [0.15, 0.2) is 48.7 Å². The highest BCUT2D eigenvalue weighted by Gasteiger charge is 2.21. The number of para-hydroxylation sites is 1. The van der Waals surface area contributed by atoms with Gasteiger partial charge in [0.1, 0.15) is 13.2 Å². The van der Waals surface area contributed by atoms with Crippen LogP contribution in [0, 0.1) is 0 Å². The van der Waals surface area contributed by atoms with E-state index >= 15 is 0 Å². The number of rotatable bonds is 3. The lowest BCUT2D eigenvalue weighted by Gasteiger charge is -2.18. The smallest absolute Gasteiger partial charge is 0.296 e. The zero-order valence-electron chi connectivity index (χ0n) is 13.6. The lowest BCUT2D eigenvalue weighted by molar-refractivity contribution is -0.112. The minimum Gasteiger partial charge on any atom is -0.486 e. The van der Waals surface area contributed by atoms with Crippen LogP contribution in [0.3, 0.4) is 0 Å². The third kappa shape index (κ3) is 2.71. The van der Waals surface area contributed by atoms with Crippen molar-refractivity contribution in [3.8, 4) is 11.5 Å². The van der Waals surface area contributed by atoms with E-state index in [9.17, 15) is 9.59 Å². The second kappa shape index (κ2) is 5.98. The molecular formula is C19H16N2O4. The fourth-order valence-corrected chi connectivity index (χ4v) is 2.95. The van der Waals surface area contributed by atoms with Gasteiger partial charge in [-0.25, -0.2) is 0 Å². The average molecular weight is 336 g/mol. The molecule has 0 atom stereocenters. The van der Waals surface area contributed by atoms with Gasteiger partial charge in [-0.15, -0.1) is 0 Å². The van der Waals surface area contributed by atoms with E-state index in [4.69, 9.17) is 9.47 Å². The third-order valence-corrected chi connectivity index (χ3v) is 4.15. The number of amides is 1. The Labute approximate surface area is 144 Å². The molecule has 0 unspecified atom stereocenters. The molecule has 4 rings (SSSR count). The summed E-state index contributed by atoms with van der Waals surface area (Å²) in [7, 11) is 1.85. The molecule has 0 spiro atoms. The number of ketones is 1. The maximum absolute atomic E-state index is 12.6. The molecule has 6 heteroatoms. The minimum atomic E-state index is -0.687. The van der Waals surface area contributed by atoms with Gasteiger partial charge in [0.25, 0.3) is 11.7 Å². The summed E-state index contributed by atoms with van der Waals surface area (Å²) in [6.07, 6.45) is 1.68. The Morgan fingerprint density at radius 2 is 1.80 bits per heavy atom. The van der Waals surface area contributed by atoms with Gasteiger partial charge < -0.3 is 19.4 Å². The highest BCUT2D eigenvalue weighted by atomic mass is 16.6. The van der Waals surface area contributed by atoms with E-state index in [1.807, 2.05) is 35.9 Å². The molecule has 1 N–H and O–H groups in total. The van der Waals surface area contributed by atoms with Crippen LogP contribution in [0.1, 0.15) is 10.4 Å². The van der Waals surface area contributed by atoms with Gasteiger partial charge in [-0.3, -0.25) is 9.59 Å². The van der Waals surface area contributed by atoms with E-state index < -0.39 is 11.7 Å². The molecular weight excluding hydrogens is 320 g/mol. The summed E-state index contributed by atoms with van der Waals surface area (Å²) in [5, 5.41) is 3.39. The number of benzene rings is 2. The van der Waals surface area contributed by atoms with E-state index in [2.05, 4.69) is 5.32 Å². The molecule has 0 radical (unpaired) electrons. The second-order valence-electron chi connectivity index (χ2n) is 5.81. The van der Waals surface area contributed by atoms with Crippen molar-refractivity contribution in [2.75, 3.05) is 18.5 Å². The molecule has 0 saturated carbocycles. The van der Waals surface area contributed by atoms with Crippen LogP contribution < -0.4 is 14.8 Å². The Kier molecular flexibility index (Phi) is 3.65. The molecule has 126 valence electrons. The molecule has 1 aromatic heterocycles. The van der Waals surface area contributed by atoms with Crippen LogP contribution in [0.2, 0.25) is 0 Å². The molecule has 0 saturated heterocycles. The van der Waals surface area contributed by atoms with Crippen molar-refractivity contribution in [1.29, 1.82) is 0 Å². The molecule has 1 aliphatic rings. The molecule has 0 fully saturated rings. The summed E-state index contributed by atoms with van der Waals surface area (Å²) >= 11 is 0. The van der Waals surface area contributed by atoms with Gasteiger partial charge in [-0.2, -0.15) is 0 Å². The molecule has 25 heavy (non-hydrogen) atoms. The van der Waals surface area contributed by atoms with E-state index in [1.165, 1.54) is 0 Å². The fraction of sp³-hybridized carbons (Fsp3) is 0.158. The number of hydrogen-bond acceptors (Lipinski definition) is 4. The topological polar surface area (TPSA) is 69.6 Å². The largest absolute Gasteiger partial charge is 0.486 e. The first-order valence-electron chi connectivity index (χ1n) is 7.93. The predicted molar refractivity (Wildman–Crippen MR) is 93.3 cm³/mol. The summed E-state index contributed by atoms with van der Waals surface area (Å²) in [5.41, 5.74) is 1.77. The SMILES string of the molecule is Cn1cc(C(=O)C(=O)Nc2ccc3c(c2)OCCO3)c2ccccc21. The Morgan fingerprint density at radius 3 is 2.64 bits per heavy atom. The van der Waals surface area contributed by atoms with Gasteiger partial charge in [-0.05, 0) is 18.2 Å². The van der Waals surface area contributed by atoms with Crippen LogP contribution >= 0.6 is 0 Å². The van der Waals surface area contributed by atoms with Crippen LogP contribution in [0.4, 0.5) is 5.69 Å². The van der Waals surface area contributed by atoms with Crippen LogP contribution in [0.5, 0.6) is 11.5 Å². The van der Waals surface area contributed by atoms with Crippen LogP contribution in [0.25, 0.3) is 10.9 Å². The average Bonchev–Trinajstić information content (AvgIpc) is 2.98. The zero-order valence-corrected chi connectivity index (χ0v) is 13.6. The van der Waals surface area contributed by atoms with Gasteiger partial charge >= 0.3 is 0 Å². The highest BCUT2D eigenvalue weighted by molar-refractivity contribution is 6.48. The number of anilines is 1. The molecule has 3 aromatic rings. The van der Waals surface area contributed by atoms with Crippen LogP contribution in [-0.4, -0.2) is 29.5 Å². The van der Waals surface area contributed by atoms with E-state index in [-0.39, 0.29) is 0 Å². The first-order valence-corrected chi connectivity index (χ1v) is 7.93. The van der Waals surface area contributed by atoms with E-state index in [0.717, 1.165) is 10.9 Å². The molecule has 1 amide bonds. The van der Waals surface area contributed by atoms with Gasteiger partial charge in [0, 0.05) is 35.9 Å². The number of ether oxygens (including phenoxy) is 2. The quantitative estimate of drug-likeness (QED) is 0.590. The number of Topliss-reactive ketones (excluding diaryl/α,β-unsaturated/α-hetero) is 1. The standard InChI is InChI=1S/C19H16N2O4/c1-21-11-14(13-4-2-3-5-15(13)21)18(22)19(23)20-12-6-7-16-17(10-12)25-9-8-24-16/h2-7,10-11H,8-9H2,1H3,(H,20,23). The highest BCUT2D eigenvalue weighted by Crippen LogP contribution is 2.32. The van der Waals surface area contributed by atoms with Gasteiger partial charge in [0.15, 0.2) is 11.5 Å². The molecule has 2 heterocycles. The van der Waals surface area contributed by atoms with Crippen molar-refractivity contribution < 1.29 is 19.1 Å². The normalized spacial score (nSPS) is 12.8. The maximum Gasteiger partial charge on any atom is 0.296 e. The summed E-state index contributed by atoms with van der Waals surface area (Å²) < 4.78 is 12.8. The molecule has 2 aromatic carbocycles. The summed E-state index contributed by atoms with van der Waals surface area (Å²) in [6.45, 7) is 0.956. The van der Waals surface area contributed by atoms with Crippen molar-refractivity contribution in [1.82, 2.24) is 4.57 Å². The van der Waals surface area contributed by atoms with Gasteiger partial charge in [-0.1, -0.05) is 18.2 Å². The Bertz CT molecular complexity index is 990. The number of nitrogens with one attached hydrogen (secondary N) is 1. The first-order chi connectivity index (χ1) is 12.1. The lowest BCUT2D eigenvalue weighted by Crippen LogP contribution is -2.23. The zero-order chi connectivity index (χ0) is 17.4. The van der Waals surface area contributed by atoms with Gasteiger partial charge in [0.05, 0.1) is 5.56 Å². The van der Waals surface area contributed by atoms with Gasteiger partial charge in [0.2, 0.25) is 0 Å². The molecule has 0 bridgehead atoms. The Balaban J connectivity index is 1.59. The summed E-state index contributed by atoms with van der Waals surface area (Å²) in [6, 6.07) is 12.5. The number of hydrogen-bond donors (Lipinski definition) is 1. The number of fused-ring (bicyclic) bond motifs is 2. The number of aryl methyl sites for hydroxylation is 1. The Morgan fingerprint density at radius 1 is 1.04 bits per heavy atom. The second-order valence-corrected chi connectivity index (χ2v) is 5.81. The van der Waals surface area contributed by atoms with Crippen molar-refractivity contribution in [3.63, 3.8) is 0 Å². The summed E-state index contributed by atoms with van der Waals surface area (Å²) in [5.74, 6) is -0.0778. The minimum absolute atomic E-state index is 0.383. The summed E-state index contributed by atoms with van der Waals surface area (Å²) in [4.78, 5) is 25.0. The monoisotopic (exact) mass is 336 g/mol. The number of carbonyl (C=O) groups excluding carboxylic acids is 2. The van der Waals surface area contributed by atoms with Crippen molar-refractivity contribution in [2.45, 2.75) is 0 Å². The molecule has 6 nitrogen and oxygen atoms in total. The lowest BCUT2D eigenvalue weighted by atomic mass is 10.1. The Hall–Kier alpha value is -3.28. The van der Waals surface area contributed by atoms with E-state index in [1.54, 1.807) is 24.4 Å². The third-order valence-electron chi connectivity index (χ3n) is 4.15. The number of carbonyl (C=O) groups is 2. The van der Waals surface area contributed by atoms with Crippen LogP contribution in [-0.2, 0) is 11.8 Å². The predicted octanol–water partition coefficient (Wildman–Crippen LogP) is 2.77. The van der Waals surface area contributed by atoms with Crippen molar-refractivity contribution >= 4 is 28.3 Å². The number of nitrogens with zero attached hydrogens (tertiary/aromatic N) is 1. The fourth-order valence-electron chi connectivity index (χ4n) is 2.95. The maximum atomic E-state index is 12.6. The van der Waals surface area contributed by atoms with Crippen molar-refractivity contribution in [2.24, 2.45) is 7.05 Å². The molecule has 1 aliphatic heterocycles. The first kappa shape index (κ1) is 15.3.